The molecular formula is C15H16FIN4O3. The number of halogens is 2. The number of aryl methyl sites for hydroxylation is 1. The zero-order valence-corrected chi connectivity index (χ0v) is 15.3. The third kappa shape index (κ3) is 2.53. The van der Waals surface area contributed by atoms with E-state index >= 15 is 4.39 Å². The van der Waals surface area contributed by atoms with Crippen LogP contribution in [0.3, 0.4) is 0 Å². The number of fused-ring (bicyclic) bond motifs is 1. The molecule has 9 heteroatoms. The molecule has 0 amide bonds. The van der Waals surface area contributed by atoms with Crippen molar-refractivity contribution in [2.45, 2.75) is 38.0 Å². The first kappa shape index (κ1) is 17.3. The Balaban J connectivity index is 2.14. The highest BCUT2D eigenvalue weighted by Gasteiger charge is 2.57. The first-order chi connectivity index (χ1) is 11.5. The Hall–Kier alpha value is -1.51. The highest BCUT2D eigenvalue weighted by molar-refractivity contribution is 14.1. The molecule has 0 unspecified atom stereocenters. The Morgan fingerprint density at radius 2 is 2.33 bits per heavy atom. The van der Waals surface area contributed by atoms with E-state index < -0.39 is 24.1 Å². The molecule has 7 nitrogen and oxygen atoms in total. The van der Waals surface area contributed by atoms with E-state index in [-0.39, 0.29) is 0 Å². The van der Waals surface area contributed by atoms with E-state index in [0.717, 1.165) is 0 Å². The van der Waals surface area contributed by atoms with Crippen molar-refractivity contribution in [1.29, 1.82) is 0 Å². The van der Waals surface area contributed by atoms with Crippen molar-refractivity contribution in [2.24, 2.45) is 0 Å². The van der Waals surface area contributed by atoms with E-state index in [1.54, 1.807) is 6.92 Å². The van der Waals surface area contributed by atoms with Crippen molar-refractivity contribution >= 4 is 33.8 Å². The number of terminal acetylenes is 1. The van der Waals surface area contributed by atoms with Gasteiger partial charge in [0.1, 0.15) is 11.9 Å². The minimum atomic E-state index is -2.38. The van der Waals surface area contributed by atoms with Gasteiger partial charge in [-0.3, -0.25) is 4.57 Å². The van der Waals surface area contributed by atoms with Crippen LogP contribution >= 0.6 is 22.6 Å². The van der Waals surface area contributed by atoms with Crippen molar-refractivity contribution < 1.29 is 19.0 Å². The number of imidazole rings is 1. The SMILES string of the molecule is C#C[C@@]1(F)[C@H](O)[C@@H](CI)O[C@H]1n1cnc2c(OCC)nc(C)nc21. The third-order valence-corrected chi connectivity index (χ3v) is 4.72. The standard InChI is InChI=1S/C15H16FIN4O3/c1-4-15(16)11(22)9(6-17)24-14(15)21-7-18-10-12(21)19-8(3)20-13(10)23-5-2/h1,7,9,11,14,22H,5-6H2,2-3H3/t9-,11-,14-,15-/m1/s1. The van der Waals surface area contributed by atoms with Gasteiger partial charge in [0.2, 0.25) is 11.5 Å². The monoisotopic (exact) mass is 446 g/mol. The van der Waals surface area contributed by atoms with Gasteiger partial charge in [-0.2, -0.15) is 4.98 Å². The Bertz CT molecular complexity index is 808. The van der Waals surface area contributed by atoms with Gasteiger partial charge in [0.05, 0.1) is 19.0 Å². The molecule has 2 aromatic rings. The molecule has 0 radical (unpaired) electrons. The average molecular weight is 446 g/mol. The molecule has 24 heavy (non-hydrogen) atoms. The molecule has 1 N–H and O–H groups in total. The fraction of sp³-hybridized carbons (Fsp3) is 0.533. The molecule has 0 bridgehead atoms. The minimum Gasteiger partial charge on any atom is -0.476 e. The van der Waals surface area contributed by atoms with Crippen LogP contribution in [0.4, 0.5) is 4.39 Å². The van der Waals surface area contributed by atoms with E-state index in [0.29, 0.717) is 33.9 Å². The van der Waals surface area contributed by atoms with Gasteiger partial charge >= 0.3 is 0 Å². The molecule has 0 saturated carbocycles. The van der Waals surface area contributed by atoms with Crippen LogP contribution < -0.4 is 4.74 Å². The van der Waals surface area contributed by atoms with Crippen LogP contribution in [-0.2, 0) is 4.74 Å². The second-order valence-corrected chi connectivity index (χ2v) is 6.25. The van der Waals surface area contributed by atoms with Crippen molar-refractivity contribution in [1.82, 2.24) is 19.5 Å². The molecule has 0 aliphatic carbocycles. The largest absolute Gasteiger partial charge is 0.476 e. The summed E-state index contributed by atoms with van der Waals surface area (Å²) in [7, 11) is 0. The van der Waals surface area contributed by atoms with Gasteiger partial charge in [0.25, 0.3) is 0 Å². The Morgan fingerprint density at radius 1 is 1.58 bits per heavy atom. The van der Waals surface area contributed by atoms with E-state index in [1.165, 1.54) is 10.9 Å². The molecule has 1 aliphatic heterocycles. The van der Waals surface area contributed by atoms with Crippen LogP contribution in [0.5, 0.6) is 5.88 Å². The van der Waals surface area contributed by atoms with Crippen LogP contribution in [0, 0.1) is 19.3 Å². The Morgan fingerprint density at radius 3 is 2.96 bits per heavy atom. The number of hydrogen-bond acceptors (Lipinski definition) is 6. The number of rotatable bonds is 4. The van der Waals surface area contributed by atoms with Gasteiger partial charge < -0.3 is 14.6 Å². The molecule has 3 rings (SSSR count). The normalized spacial score (nSPS) is 29.8. The first-order valence-electron chi connectivity index (χ1n) is 7.36. The molecule has 0 aromatic carbocycles. The van der Waals surface area contributed by atoms with Crippen LogP contribution in [0.25, 0.3) is 11.2 Å². The van der Waals surface area contributed by atoms with Gasteiger partial charge in [-0.1, -0.05) is 28.5 Å². The van der Waals surface area contributed by atoms with Crippen LogP contribution in [0.2, 0.25) is 0 Å². The maximum absolute atomic E-state index is 15.2. The summed E-state index contributed by atoms with van der Waals surface area (Å²) >= 11 is 2.01. The topological polar surface area (TPSA) is 82.3 Å². The number of alkyl halides is 2. The lowest BCUT2D eigenvalue weighted by Gasteiger charge is -2.23. The van der Waals surface area contributed by atoms with Crippen molar-refractivity contribution in [3.63, 3.8) is 0 Å². The fourth-order valence-corrected chi connectivity index (χ4v) is 3.39. The van der Waals surface area contributed by atoms with Gasteiger partial charge in [-0.05, 0) is 13.8 Å². The molecule has 2 aromatic heterocycles. The number of ether oxygens (including phenoxy) is 2. The lowest BCUT2D eigenvalue weighted by molar-refractivity contribution is -0.0250. The summed E-state index contributed by atoms with van der Waals surface area (Å²) in [6.07, 6.45) is 3.36. The first-order valence-corrected chi connectivity index (χ1v) is 8.89. The average Bonchev–Trinajstić information content (AvgIpc) is 3.08. The summed E-state index contributed by atoms with van der Waals surface area (Å²) in [6, 6.07) is 0. The summed E-state index contributed by atoms with van der Waals surface area (Å²) in [5.41, 5.74) is -1.65. The summed E-state index contributed by atoms with van der Waals surface area (Å²) in [4.78, 5) is 12.7. The molecule has 3 heterocycles. The highest BCUT2D eigenvalue weighted by atomic mass is 127. The molecule has 1 fully saturated rings. The summed E-state index contributed by atoms with van der Waals surface area (Å²) < 4.78 is 28.2. The summed E-state index contributed by atoms with van der Waals surface area (Å²) in [5.74, 6) is 2.80. The van der Waals surface area contributed by atoms with Gasteiger partial charge in [-0.15, -0.1) is 6.42 Å². The second kappa shape index (κ2) is 6.42. The van der Waals surface area contributed by atoms with Crippen LogP contribution in [-0.4, -0.2) is 53.5 Å². The number of aliphatic hydroxyl groups is 1. The molecule has 1 saturated heterocycles. The number of aliphatic hydroxyl groups excluding tert-OH is 1. The zero-order valence-electron chi connectivity index (χ0n) is 13.1. The molecule has 4 atom stereocenters. The van der Waals surface area contributed by atoms with Crippen LogP contribution in [0.15, 0.2) is 6.33 Å². The lowest BCUT2D eigenvalue weighted by atomic mass is 9.97. The fourth-order valence-electron chi connectivity index (χ4n) is 2.70. The van der Waals surface area contributed by atoms with E-state index in [1.807, 2.05) is 35.4 Å². The smallest absolute Gasteiger partial charge is 0.245 e. The Kier molecular flexibility index (Phi) is 4.63. The Labute approximate surface area is 151 Å². The van der Waals surface area contributed by atoms with E-state index in [4.69, 9.17) is 15.9 Å². The minimum absolute atomic E-state index is 0.313. The van der Waals surface area contributed by atoms with Gasteiger partial charge in [-0.25, -0.2) is 14.4 Å². The lowest BCUT2D eigenvalue weighted by Crippen LogP contribution is -2.41. The van der Waals surface area contributed by atoms with E-state index in [2.05, 4.69) is 15.0 Å². The predicted molar refractivity (Wildman–Crippen MR) is 92.7 cm³/mol. The zero-order chi connectivity index (χ0) is 17.5. The number of hydrogen-bond donors (Lipinski definition) is 1. The number of aromatic nitrogens is 4. The third-order valence-electron chi connectivity index (χ3n) is 3.85. The van der Waals surface area contributed by atoms with E-state index in [9.17, 15) is 5.11 Å². The quantitative estimate of drug-likeness (QED) is 0.437. The molecule has 128 valence electrons. The summed E-state index contributed by atoms with van der Waals surface area (Å²) in [6.45, 7) is 3.93. The molecule has 0 spiro atoms. The molecule has 1 aliphatic rings. The summed E-state index contributed by atoms with van der Waals surface area (Å²) in [5, 5.41) is 10.2. The van der Waals surface area contributed by atoms with Gasteiger partial charge in [0, 0.05) is 4.43 Å². The number of nitrogens with zero attached hydrogens (tertiary/aromatic N) is 4. The van der Waals surface area contributed by atoms with Crippen molar-refractivity contribution in [2.75, 3.05) is 11.0 Å². The predicted octanol–water partition coefficient (Wildman–Crippen LogP) is 1.57. The highest BCUT2D eigenvalue weighted by Crippen LogP contribution is 2.43. The molecular weight excluding hydrogens is 430 g/mol. The second-order valence-electron chi connectivity index (χ2n) is 5.37. The van der Waals surface area contributed by atoms with Crippen LogP contribution in [0.1, 0.15) is 19.0 Å². The maximum Gasteiger partial charge on any atom is 0.245 e. The van der Waals surface area contributed by atoms with Crippen molar-refractivity contribution in [3.8, 4) is 18.2 Å². The van der Waals surface area contributed by atoms with Crippen molar-refractivity contribution in [3.05, 3.63) is 12.2 Å². The maximum atomic E-state index is 15.2. The van der Waals surface area contributed by atoms with Gasteiger partial charge in [0.15, 0.2) is 17.4 Å².